The zero-order valence-electron chi connectivity index (χ0n) is 17.7. The second-order valence-electron chi connectivity index (χ2n) is 8.07. The van der Waals surface area contributed by atoms with Crippen molar-refractivity contribution in [1.29, 1.82) is 0 Å². The van der Waals surface area contributed by atoms with Gasteiger partial charge in [0.05, 0.1) is 17.9 Å². The van der Waals surface area contributed by atoms with Crippen LogP contribution in [0.1, 0.15) is 37.5 Å². The van der Waals surface area contributed by atoms with Crippen molar-refractivity contribution in [2.75, 3.05) is 5.32 Å². The number of hydrogen-bond acceptors (Lipinski definition) is 5. The number of amides is 1. The number of nitrogens with one attached hydrogen (secondary N) is 1. The van der Waals surface area contributed by atoms with E-state index < -0.39 is 6.04 Å². The van der Waals surface area contributed by atoms with E-state index in [0.717, 1.165) is 24.2 Å². The highest BCUT2D eigenvalue weighted by Gasteiger charge is 2.22. The number of benzene rings is 2. The predicted octanol–water partition coefficient (Wildman–Crippen LogP) is 4.86. The van der Waals surface area contributed by atoms with Crippen LogP contribution in [-0.2, 0) is 11.2 Å². The van der Waals surface area contributed by atoms with Crippen molar-refractivity contribution in [2.24, 2.45) is 11.7 Å². The fraction of sp³-hybridized carbons (Fsp3) is 0.280. The number of rotatable bonds is 6. The number of pyridine rings is 1. The zero-order valence-corrected chi connectivity index (χ0v) is 17.7. The Morgan fingerprint density at radius 1 is 1.16 bits per heavy atom. The van der Waals surface area contributed by atoms with Crippen LogP contribution >= 0.6 is 0 Å². The van der Waals surface area contributed by atoms with Gasteiger partial charge in [0.1, 0.15) is 17.6 Å². The van der Waals surface area contributed by atoms with Crippen LogP contribution in [0.3, 0.4) is 0 Å². The minimum atomic E-state index is -0.560. The SMILES string of the molecule is CC(C)C(N)C(=O)Nc1ccc(Oc2ccc3c(c2)CC[C@@H](c2ccccc2)O3)nc1. The van der Waals surface area contributed by atoms with Gasteiger partial charge in [-0.3, -0.25) is 4.79 Å². The standard InChI is InChI=1S/C25H27N3O3/c1-16(2)24(26)25(29)28-19-9-13-23(27-15-19)30-20-10-12-22-18(14-20)8-11-21(31-22)17-6-4-3-5-7-17/h3-7,9-10,12-16,21,24H,8,11,26H2,1-2H3,(H,28,29)/t21-,24?/m0/s1. The van der Waals surface area contributed by atoms with Crippen LogP contribution in [-0.4, -0.2) is 16.9 Å². The fourth-order valence-electron chi connectivity index (χ4n) is 3.49. The van der Waals surface area contributed by atoms with E-state index in [4.69, 9.17) is 15.2 Å². The van der Waals surface area contributed by atoms with E-state index >= 15 is 0 Å². The van der Waals surface area contributed by atoms with Crippen LogP contribution in [0.4, 0.5) is 5.69 Å². The molecule has 160 valence electrons. The largest absolute Gasteiger partial charge is 0.485 e. The molecule has 1 aliphatic heterocycles. The summed E-state index contributed by atoms with van der Waals surface area (Å²) in [5.41, 5.74) is 8.77. The molecule has 0 fully saturated rings. The van der Waals surface area contributed by atoms with Crippen molar-refractivity contribution in [3.05, 3.63) is 78.0 Å². The Bertz CT molecular complexity index is 1040. The second-order valence-corrected chi connectivity index (χ2v) is 8.07. The quantitative estimate of drug-likeness (QED) is 0.598. The molecule has 1 amide bonds. The van der Waals surface area contributed by atoms with Gasteiger partial charge in [0, 0.05) is 6.07 Å². The Hall–Kier alpha value is -3.38. The second kappa shape index (κ2) is 9.18. The van der Waals surface area contributed by atoms with Crippen LogP contribution in [0.25, 0.3) is 0 Å². The van der Waals surface area contributed by atoms with Crippen molar-refractivity contribution in [1.82, 2.24) is 4.98 Å². The summed E-state index contributed by atoms with van der Waals surface area (Å²) in [5, 5.41) is 2.77. The number of fused-ring (bicyclic) bond motifs is 1. The maximum absolute atomic E-state index is 12.1. The Morgan fingerprint density at radius 2 is 1.97 bits per heavy atom. The number of nitrogens with zero attached hydrogens (tertiary/aromatic N) is 1. The van der Waals surface area contributed by atoms with Gasteiger partial charge in [-0.1, -0.05) is 44.2 Å². The molecule has 0 saturated heterocycles. The number of carbonyl (C=O) groups excluding carboxylic acids is 1. The number of hydrogen-bond donors (Lipinski definition) is 2. The summed E-state index contributed by atoms with van der Waals surface area (Å²) in [6.45, 7) is 3.82. The summed E-state index contributed by atoms with van der Waals surface area (Å²) < 4.78 is 12.1. The first-order valence-corrected chi connectivity index (χ1v) is 10.5. The van der Waals surface area contributed by atoms with Crippen LogP contribution in [0.5, 0.6) is 17.4 Å². The van der Waals surface area contributed by atoms with E-state index in [-0.39, 0.29) is 17.9 Å². The molecule has 1 aliphatic rings. The van der Waals surface area contributed by atoms with Crippen LogP contribution in [0.15, 0.2) is 66.9 Å². The maximum atomic E-state index is 12.1. The minimum absolute atomic E-state index is 0.0616. The van der Waals surface area contributed by atoms with Crippen LogP contribution < -0.4 is 20.5 Å². The third kappa shape index (κ3) is 5.03. The van der Waals surface area contributed by atoms with Crippen LogP contribution in [0.2, 0.25) is 0 Å². The van der Waals surface area contributed by atoms with E-state index in [1.165, 1.54) is 5.56 Å². The molecule has 0 bridgehead atoms. The number of nitrogens with two attached hydrogens (primary N) is 1. The van der Waals surface area contributed by atoms with Crippen molar-refractivity contribution in [3.8, 4) is 17.4 Å². The number of aryl methyl sites for hydroxylation is 1. The molecular weight excluding hydrogens is 390 g/mol. The highest BCUT2D eigenvalue weighted by Crippen LogP contribution is 2.37. The normalized spacial score (nSPS) is 16.2. The molecule has 6 heteroatoms. The maximum Gasteiger partial charge on any atom is 0.241 e. The predicted molar refractivity (Wildman–Crippen MR) is 120 cm³/mol. The van der Waals surface area contributed by atoms with E-state index in [0.29, 0.717) is 17.3 Å². The average Bonchev–Trinajstić information content (AvgIpc) is 2.80. The van der Waals surface area contributed by atoms with Gasteiger partial charge in [-0.15, -0.1) is 0 Å². The molecule has 0 radical (unpaired) electrons. The summed E-state index contributed by atoms with van der Waals surface area (Å²) in [6.07, 6.45) is 3.48. The van der Waals surface area contributed by atoms with Gasteiger partial charge >= 0.3 is 0 Å². The summed E-state index contributed by atoms with van der Waals surface area (Å²) in [6, 6.07) is 19.0. The molecule has 1 aromatic heterocycles. The molecule has 3 N–H and O–H groups in total. The molecule has 4 rings (SSSR count). The third-order valence-electron chi connectivity index (χ3n) is 5.40. The van der Waals surface area contributed by atoms with Gasteiger partial charge in [-0.05, 0) is 54.2 Å². The topological polar surface area (TPSA) is 86.5 Å². The van der Waals surface area contributed by atoms with Gasteiger partial charge in [0.2, 0.25) is 11.8 Å². The first-order chi connectivity index (χ1) is 15.0. The van der Waals surface area contributed by atoms with Crippen molar-refractivity contribution in [3.63, 3.8) is 0 Å². The molecule has 0 aliphatic carbocycles. The van der Waals surface area contributed by atoms with E-state index in [1.807, 2.05) is 50.2 Å². The van der Waals surface area contributed by atoms with Gasteiger partial charge in [0.15, 0.2) is 0 Å². The summed E-state index contributed by atoms with van der Waals surface area (Å²) in [4.78, 5) is 16.4. The van der Waals surface area contributed by atoms with Crippen molar-refractivity contribution in [2.45, 2.75) is 38.8 Å². The van der Waals surface area contributed by atoms with Crippen LogP contribution in [0, 0.1) is 5.92 Å². The van der Waals surface area contributed by atoms with Crippen molar-refractivity contribution >= 4 is 11.6 Å². The zero-order chi connectivity index (χ0) is 21.8. The molecule has 2 aromatic carbocycles. The molecule has 2 heterocycles. The first-order valence-electron chi connectivity index (χ1n) is 10.5. The Kier molecular flexibility index (Phi) is 6.18. The number of carbonyl (C=O) groups is 1. The molecule has 1 unspecified atom stereocenters. The molecule has 2 atom stereocenters. The van der Waals surface area contributed by atoms with E-state index in [2.05, 4.69) is 22.4 Å². The Morgan fingerprint density at radius 3 is 2.68 bits per heavy atom. The number of anilines is 1. The van der Waals surface area contributed by atoms with Gasteiger partial charge < -0.3 is 20.5 Å². The summed E-state index contributed by atoms with van der Waals surface area (Å²) in [7, 11) is 0. The molecule has 6 nitrogen and oxygen atoms in total. The monoisotopic (exact) mass is 417 g/mol. The van der Waals surface area contributed by atoms with E-state index in [9.17, 15) is 4.79 Å². The molecule has 3 aromatic rings. The summed E-state index contributed by atoms with van der Waals surface area (Å²) in [5.74, 6) is 1.87. The number of aromatic nitrogens is 1. The molecule has 0 spiro atoms. The lowest BCUT2D eigenvalue weighted by molar-refractivity contribution is -0.118. The number of ether oxygens (including phenoxy) is 2. The lowest BCUT2D eigenvalue weighted by Gasteiger charge is -2.26. The lowest BCUT2D eigenvalue weighted by Crippen LogP contribution is -2.39. The highest BCUT2D eigenvalue weighted by molar-refractivity contribution is 5.94. The molecule has 31 heavy (non-hydrogen) atoms. The smallest absolute Gasteiger partial charge is 0.241 e. The molecule has 0 saturated carbocycles. The summed E-state index contributed by atoms with van der Waals surface area (Å²) >= 11 is 0. The average molecular weight is 418 g/mol. The molecular formula is C25H27N3O3. The fourth-order valence-corrected chi connectivity index (χ4v) is 3.49. The van der Waals surface area contributed by atoms with Gasteiger partial charge in [-0.25, -0.2) is 4.98 Å². The minimum Gasteiger partial charge on any atom is -0.485 e. The first kappa shape index (κ1) is 20.9. The third-order valence-corrected chi connectivity index (χ3v) is 5.40. The van der Waals surface area contributed by atoms with Gasteiger partial charge in [-0.2, -0.15) is 0 Å². The van der Waals surface area contributed by atoms with Crippen molar-refractivity contribution < 1.29 is 14.3 Å². The van der Waals surface area contributed by atoms with E-state index in [1.54, 1.807) is 18.3 Å². The Balaban J connectivity index is 1.39. The lowest BCUT2D eigenvalue weighted by atomic mass is 9.97. The highest BCUT2D eigenvalue weighted by atomic mass is 16.5. The Labute approximate surface area is 182 Å². The van der Waals surface area contributed by atoms with Gasteiger partial charge in [0.25, 0.3) is 0 Å².